The van der Waals surface area contributed by atoms with Gasteiger partial charge in [-0.15, -0.1) is 0 Å². The monoisotopic (exact) mass is 259 g/mol. The van der Waals surface area contributed by atoms with Crippen molar-refractivity contribution in [1.29, 1.82) is 0 Å². The van der Waals surface area contributed by atoms with Crippen LogP contribution in [0.4, 0.5) is 4.79 Å². The number of ether oxygens (including phenoxy) is 2. The minimum atomic E-state index is -0.925. The third kappa shape index (κ3) is 5.35. The van der Waals surface area contributed by atoms with Crippen molar-refractivity contribution >= 4 is 12.1 Å². The summed E-state index contributed by atoms with van der Waals surface area (Å²) in [6.07, 6.45) is -0.282. The molecule has 1 saturated heterocycles. The lowest BCUT2D eigenvalue weighted by Gasteiger charge is -2.27. The predicted molar refractivity (Wildman–Crippen MR) is 64.4 cm³/mol. The van der Waals surface area contributed by atoms with E-state index < -0.39 is 23.8 Å². The van der Waals surface area contributed by atoms with Crippen molar-refractivity contribution in [2.24, 2.45) is 0 Å². The van der Waals surface area contributed by atoms with Crippen LogP contribution in [0.15, 0.2) is 0 Å². The highest BCUT2D eigenvalue weighted by Gasteiger charge is 2.27. The summed E-state index contributed by atoms with van der Waals surface area (Å²) in [5.41, 5.74) is -0.549. The largest absolute Gasteiger partial charge is 0.481 e. The zero-order chi connectivity index (χ0) is 13.8. The topological polar surface area (TPSA) is 76.1 Å². The molecule has 18 heavy (non-hydrogen) atoms. The zero-order valence-corrected chi connectivity index (χ0v) is 11.1. The maximum atomic E-state index is 11.9. The maximum absolute atomic E-state index is 11.9. The molecule has 1 aliphatic rings. The van der Waals surface area contributed by atoms with Gasteiger partial charge in [-0.2, -0.15) is 0 Å². The molecule has 1 unspecified atom stereocenters. The molecule has 1 N–H and O–H groups in total. The Morgan fingerprint density at radius 1 is 1.44 bits per heavy atom. The Hall–Kier alpha value is -1.30. The summed E-state index contributed by atoms with van der Waals surface area (Å²) < 4.78 is 10.7. The fourth-order valence-electron chi connectivity index (χ4n) is 1.71. The van der Waals surface area contributed by atoms with Crippen LogP contribution in [0, 0.1) is 0 Å². The molecule has 1 rings (SSSR count). The van der Waals surface area contributed by atoms with Crippen LogP contribution in [-0.4, -0.2) is 53.5 Å². The Kier molecular flexibility index (Phi) is 4.95. The van der Waals surface area contributed by atoms with Gasteiger partial charge in [-0.05, 0) is 27.2 Å². The number of aliphatic carboxylic acids is 1. The standard InChI is InChI=1S/C12H21NO5/c1-12(2,3)18-11(16)13-5-4-6-17-9(8-13)7-10(14)15/h9H,4-8H2,1-3H3,(H,14,15). The lowest BCUT2D eigenvalue weighted by molar-refractivity contribution is -0.140. The second kappa shape index (κ2) is 6.04. The van der Waals surface area contributed by atoms with Crippen LogP contribution in [-0.2, 0) is 14.3 Å². The molecule has 1 amide bonds. The lowest BCUT2D eigenvalue weighted by Crippen LogP contribution is -2.41. The highest BCUT2D eigenvalue weighted by molar-refractivity contribution is 5.69. The van der Waals surface area contributed by atoms with Crippen molar-refractivity contribution in [2.45, 2.75) is 45.3 Å². The number of hydrogen-bond donors (Lipinski definition) is 1. The molecular weight excluding hydrogens is 238 g/mol. The second-order valence-corrected chi connectivity index (χ2v) is 5.37. The molecule has 0 saturated carbocycles. The van der Waals surface area contributed by atoms with Crippen molar-refractivity contribution in [3.05, 3.63) is 0 Å². The van der Waals surface area contributed by atoms with Crippen molar-refractivity contribution in [2.75, 3.05) is 19.7 Å². The molecule has 0 aromatic heterocycles. The van der Waals surface area contributed by atoms with Gasteiger partial charge < -0.3 is 19.5 Å². The van der Waals surface area contributed by atoms with Crippen molar-refractivity contribution < 1.29 is 24.2 Å². The fraction of sp³-hybridized carbons (Fsp3) is 0.833. The number of carboxylic acids is 1. The van der Waals surface area contributed by atoms with Crippen molar-refractivity contribution in [1.82, 2.24) is 4.90 Å². The Labute approximate surface area is 107 Å². The Morgan fingerprint density at radius 3 is 2.67 bits per heavy atom. The number of nitrogens with zero attached hydrogens (tertiary/aromatic N) is 1. The van der Waals surface area contributed by atoms with E-state index in [1.165, 1.54) is 4.90 Å². The maximum Gasteiger partial charge on any atom is 0.410 e. The lowest BCUT2D eigenvalue weighted by atomic mass is 10.2. The van der Waals surface area contributed by atoms with Gasteiger partial charge in [0.2, 0.25) is 0 Å². The number of hydrogen-bond acceptors (Lipinski definition) is 4. The van der Waals surface area contributed by atoms with E-state index >= 15 is 0 Å². The first-order chi connectivity index (χ1) is 8.28. The van der Waals surface area contributed by atoms with E-state index in [4.69, 9.17) is 14.6 Å². The van der Waals surface area contributed by atoms with Gasteiger partial charge in [-0.25, -0.2) is 4.79 Å². The molecular formula is C12H21NO5. The number of rotatable bonds is 2. The smallest absolute Gasteiger partial charge is 0.410 e. The normalized spacial score (nSPS) is 21.3. The Bertz CT molecular complexity index is 310. The number of amides is 1. The van der Waals surface area contributed by atoms with E-state index in [-0.39, 0.29) is 13.0 Å². The number of carbonyl (C=O) groups is 2. The molecule has 1 fully saturated rings. The summed E-state index contributed by atoms with van der Waals surface area (Å²) in [4.78, 5) is 24.1. The first-order valence-electron chi connectivity index (χ1n) is 6.09. The molecule has 6 heteroatoms. The minimum Gasteiger partial charge on any atom is -0.481 e. The second-order valence-electron chi connectivity index (χ2n) is 5.37. The van der Waals surface area contributed by atoms with Gasteiger partial charge in [0.25, 0.3) is 0 Å². The van der Waals surface area contributed by atoms with Crippen LogP contribution in [0.1, 0.15) is 33.6 Å². The molecule has 0 aliphatic carbocycles. The van der Waals surface area contributed by atoms with Crippen LogP contribution in [0.25, 0.3) is 0 Å². The molecule has 0 bridgehead atoms. The van der Waals surface area contributed by atoms with Crippen LogP contribution in [0.5, 0.6) is 0 Å². The third-order valence-corrected chi connectivity index (χ3v) is 2.40. The SMILES string of the molecule is CC(C)(C)OC(=O)N1CCCOC(CC(=O)O)C1. The summed E-state index contributed by atoms with van der Waals surface area (Å²) in [5.74, 6) is -0.925. The van der Waals surface area contributed by atoms with Crippen molar-refractivity contribution in [3.8, 4) is 0 Å². The quantitative estimate of drug-likeness (QED) is 0.813. The van der Waals surface area contributed by atoms with E-state index in [9.17, 15) is 9.59 Å². The molecule has 104 valence electrons. The van der Waals surface area contributed by atoms with Gasteiger partial charge in [0, 0.05) is 13.2 Å². The summed E-state index contributed by atoms with van der Waals surface area (Å²) in [7, 11) is 0. The van der Waals surface area contributed by atoms with E-state index in [0.717, 1.165) is 0 Å². The Morgan fingerprint density at radius 2 is 2.11 bits per heavy atom. The van der Waals surface area contributed by atoms with E-state index in [2.05, 4.69) is 0 Å². The molecule has 0 radical (unpaired) electrons. The fourth-order valence-corrected chi connectivity index (χ4v) is 1.71. The molecule has 0 aromatic carbocycles. The van der Waals surface area contributed by atoms with Crippen LogP contribution in [0.2, 0.25) is 0 Å². The van der Waals surface area contributed by atoms with Gasteiger partial charge in [-0.3, -0.25) is 4.79 Å². The molecule has 1 aliphatic heterocycles. The molecule has 0 spiro atoms. The summed E-state index contributed by atoms with van der Waals surface area (Å²) in [5, 5.41) is 8.75. The van der Waals surface area contributed by atoms with Crippen molar-refractivity contribution in [3.63, 3.8) is 0 Å². The summed E-state index contributed by atoms with van der Waals surface area (Å²) >= 11 is 0. The van der Waals surface area contributed by atoms with E-state index in [1.54, 1.807) is 20.8 Å². The van der Waals surface area contributed by atoms with E-state index in [0.29, 0.717) is 19.6 Å². The van der Waals surface area contributed by atoms with E-state index in [1.807, 2.05) is 0 Å². The van der Waals surface area contributed by atoms with Gasteiger partial charge in [0.15, 0.2) is 0 Å². The van der Waals surface area contributed by atoms with Gasteiger partial charge >= 0.3 is 12.1 Å². The third-order valence-electron chi connectivity index (χ3n) is 2.40. The van der Waals surface area contributed by atoms with Gasteiger partial charge in [-0.1, -0.05) is 0 Å². The van der Waals surface area contributed by atoms with Gasteiger partial charge in [0.1, 0.15) is 5.60 Å². The first-order valence-corrected chi connectivity index (χ1v) is 6.09. The van der Waals surface area contributed by atoms with Crippen LogP contribution in [0.3, 0.4) is 0 Å². The highest BCUT2D eigenvalue weighted by Crippen LogP contribution is 2.14. The highest BCUT2D eigenvalue weighted by atomic mass is 16.6. The molecule has 0 aromatic rings. The summed E-state index contributed by atoms with van der Waals surface area (Å²) in [6, 6.07) is 0. The zero-order valence-electron chi connectivity index (χ0n) is 11.1. The van der Waals surface area contributed by atoms with Gasteiger partial charge in [0.05, 0.1) is 19.1 Å². The van der Waals surface area contributed by atoms with Crippen LogP contribution < -0.4 is 0 Å². The average molecular weight is 259 g/mol. The summed E-state index contributed by atoms with van der Waals surface area (Å²) in [6.45, 7) is 6.67. The number of carbonyl (C=O) groups excluding carboxylic acids is 1. The minimum absolute atomic E-state index is 0.0979. The Balaban J connectivity index is 2.58. The predicted octanol–water partition coefficient (Wildman–Crippen LogP) is 1.49. The first kappa shape index (κ1) is 14.8. The number of carboxylic acid groups (broad SMARTS) is 1. The molecule has 6 nitrogen and oxygen atoms in total. The van der Waals surface area contributed by atoms with Crippen LogP contribution >= 0.6 is 0 Å². The molecule has 1 atom stereocenters. The molecule has 1 heterocycles. The average Bonchev–Trinajstić information content (AvgIpc) is 2.39.